The van der Waals surface area contributed by atoms with E-state index in [9.17, 15) is 4.79 Å². The van der Waals surface area contributed by atoms with E-state index in [-0.39, 0.29) is 17.9 Å². The molecule has 0 saturated carbocycles. The largest absolute Gasteiger partial charge is 0.372 e. The van der Waals surface area contributed by atoms with Crippen LogP contribution in [0.15, 0.2) is 48.5 Å². The summed E-state index contributed by atoms with van der Waals surface area (Å²) in [6.45, 7) is 4.55. The van der Waals surface area contributed by atoms with Gasteiger partial charge in [0.25, 0.3) is 0 Å². The number of anilines is 2. The molecule has 0 saturated heterocycles. The van der Waals surface area contributed by atoms with Gasteiger partial charge < -0.3 is 10.2 Å². The zero-order chi connectivity index (χ0) is 16.4. The molecule has 3 rings (SSSR count). The zero-order valence-electron chi connectivity index (χ0n) is 13.3. The Hall–Kier alpha value is -2.80. The highest BCUT2D eigenvalue weighted by Crippen LogP contribution is 2.34. The lowest BCUT2D eigenvalue weighted by Gasteiger charge is -2.37. The highest BCUT2D eigenvalue weighted by Gasteiger charge is 2.33. The standard InChI is InChI=1S/C19H19N3O/c1-13(2)18-19(23)22(17-9-4-3-8-16(17)21-18)12-15-7-5-6-14(10-15)11-20/h3-10,13,18,21H,12H2,1-2H3. The molecule has 0 fully saturated rings. The van der Waals surface area contributed by atoms with Crippen LogP contribution in [0, 0.1) is 17.2 Å². The van der Waals surface area contributed by atoms with Crippen molar-refractivity contribution in [2.75, 3.05) is 10.2 Å². The third-order valence-corrected chi connectivity index (χ3v) is 4.10. The van der Waals surface area contributed by atoms with Gasteiger partial charge in [-0.15, -0.1) is 0 Å². The van der Waals surface area contributed by atoms with E-state index >= 15 is 0 Å². The van der Waals surface area contributed by atoms with Crippen molar-refractivity contribution in [2.45, 2.75) is 26.4 Å². The number of rotatable bonds is 3. The first-order chi connectivity index (χ1) is 11.1. The minimum Gasteiger partial charge on any atom is -0.372 e. The number of nitrogens with zero attached hydrogens (tertiary/aromatic N) is 2. The van der Waals surface area contributed by atoms with E-state index in [4.69, 9.17) is 5.26 Å². The first-order valence-electron chi connectivity index (χ1n) is 7.76. The highest BCUT2D eigenvalue weighted by molar-refractivity contribution is 6.05. The first-order valence-corrected chi connectivity index (χ1v) is 7.76. The van der Waals surface area contributed by atoms with Gasteiger partial charge in [0, 0.05) is 0 Å². The number of para-hydroxylation sites is 2. The third-order valence-electron chi connectivity index (χ3n) is 4.10. The number of amides is 1. The maximum atomic E-state index is 12.9. The van der Waals surface area contributed by atoms with Crippen LogP contribution in [-0.2, 0) is 11.3 Å². The molecule has 2 aromatic rings. The summed E-state index contributed by atoms with van der Waals surface area (Å²) in [5.74, 6) is 0.268. The van der Waals surface area contributed by atoms with Crippen LogP contribution in [-0.4, -0.2) is 11.9 Å². The number of carbonyl (C=O) groups excluding carboxylic acids is 1. The Bertz CT molecular complexity index is 776. The predicted molar refractivity (Wildman–Crippen MR) is 91.0 cm³/mol. The van der Waals surface area contributed by atoms with Gasteiger partial charge in [0.1, 0.15) is 6.04 Å². The maximum Gasteiger partial charge on any atom is 0.250 e. The molecule has 0 bridgehead atoms. The normalized spacial score (nSPS) is 16.7. The predicted octanol–water partition coefficient (Wildman–Crippen LogP) is 3.54. The van der Waals surface area contributed by atoms with Gasteiger partial charge in [-0.05, 0) is 35.7 Å². The van der Waals surface area contributed by atoms with Crippen LogP contribution in [0.1, 0.15) is 25.0 Å². The second kappa shape index (κ2) is 6.13. The van der Waals surface area contributed by atoms with E-state index in [1.54, 1.807) is 6.07 Å². The summed E-state index contributed by atoms with van der Waals surface area (Å²) in [4.78, 5) is 14.7. The maximum absolute atomic E-state index is 12.9. The van der Waals surface area contributed by atoms with Gasteiger partial charge in [0.05, 0.1) is 29.6 Å². The molecule has 1 heterocycles. The average Bonchev–Trinajstić information content (AvgIpc) is 2.57. The molecule has 4 nitrogen and oxygen atoms in total. The summed E-state index contributed by atoms with van der Waals surface area (Å²) < 4.78 is 0. The summed E-state index contributed by atoms with van der Waals surface area (Å²) >= 11 is 0. The van der Waals surface area contributed by atoms with Crippen molar-refractivity contribution >= 4 is 17.3 Å². The molecule has 1 aliphatic heterocycles. The minimum atomic E-state index is -0.232. The van der Waals surface area contributed by atoms with Crippen LogP contribution in [0.4, 0.5) is 11.4 Å². The van der Waals surface area contributed by atoms with Crippen LogP contribution in [0.25, 0.3) is 0 Å². The number of carbonyl (C=O) groups is 1. The lowest BCUT2D eigenvalue weighted by atomic mass is 9.98. The minimum absolute atomic E-state index is 0.0704. The fourth-order valence-electron chi connectivity index (χ4n) is 2.88. The van der Waals surface area contributed by atoms with Gasteiger partial charge in [0.2, 0.25) is 5.91 Å². The summed E-state index contributed by atoms with van der Waals surface area (Å²) in [7, 11) is 0. The van der Waals surface area contributed by atoms with Gasteiger partial charge in [-0.1, -0.05) is 38.1 Å². The number of benzene rings is 2. The van der Waals surface area contributed by atoms with Gasteiger partial charge in [-0.3, -0.25) is 4.79 Å². The van der Waals surface area contributed by atoms with Crippen molar-refractivity contribution < 1.29 is 4.79 Å². The molecule has 0 radical (unpaired) electrons. The van der Waals surface area contributed by atoms with Crippen molar-refractivity contribution in [3.63, 3.8) is 0 Å². The molecule has 1 N–H and O–H groups in total. The lowest BCUT2D eigenvalue weighted by Crippen LogP contribution is -2.49. The van der Waals surface area contributed by atoms with Crippen LogP contribution in [0.5, 0.6) is 0 Å². The molecular weight excluding hydrogens is 286 g/mol. The number of hydrogen-bond acceptors (Lipinski definition) is 3. The fourth-order valence-corrected chi connectivity index (χ4v) is 2.88. The first kappa shape index (κ1) is 15.1. The highest BCUT2D eigenvalue weighted by atomic mass is 16.2. The summed E-state index contributed by atoms with van der Waals surface area (Å²) in [5.41, 5.74) is 3.43. The monoisotopic (exact) mass is 305 g/mol. The van der Waals surface area contributed by atoms with Crippen LogP contribution >= 0.6 is 0 Å². The Morgan fingerprint density at radius 1 is 1.22 bits per heavy atom. The van der Waals surface area contributed by atoms with Crippen molar-refractivity contribution in [2.24, 2.45) is 5.92 Å². The Kier molecular flexibility index (Phi) is 4.03. The number of nitrogens with one attached hydrogen (secondary N) is 1. The molecule has 0 spiro atoms. The Labute approximate surface area is 136 Å². The van der Waals surface area contributed by atoms with Crippen molar-refractivity contribution in [1.82, 2.24) is 0 Å². The molecule has 1 atom stereocenters. The lowest BCUT2D eigenvalue weighted by molar-refractivity contribution is -0.120. The molecule has 1 aliphatic rings. The molecule has 0 aromatic heterocycles. The molecule has 4 heteroatoms. The van der Waals surface area contributed by atoms with Crippen LogP contribution in [0.2, 0.25) is 0 Å². The smallest absolute Gasteiger partial charge is 0.250 e. The van der Waals surface area contributed by atoms with Crippen molar-refractivity contribution in [3.8, 4) is 6.07 Å². The fraction of sp³-hybridized carbons (Fsp3) is 0.263. The summed E-state index contributed by atoms with van der Waals surface area (Å²) in [5, 5.41) is 12.4. The van der Waals surface area contributed by atoms with Gasteiger partial charge >= 0.3 is 0 Å². The van der Waals surface area contributed by atoms with E-state index in [1.807, 2.05) is 61.2 Å². The topological polar surface area (TPSA) is 56.1 Å². The zero-order valence-corrected chi connectivity index (χ0v) is 13.3. The molecular formula is C19H19N3O. The van der Waals surface area contributed by atoms with E-state index in [1.165, 1.54) is 0 Å². The van der Waals surface area contributed by atoms with Crippen LogP contribution < -0.4 is 10.2 Å². The number of hydrogen-bond donors (Lipinski definition) is 1. The van der Waals surface area contributed by atoms with Gasteiger partial charge in [-0.2, -0.15) is 5.26 Å². The molecule has 116 valence electrons. The summed E-state index contributed by atoms with van der Waals surface area (Å²) in [6.07, 6.45) is 0. The van der Waals surface area contributed by atoms with Crippen molar-refractivity contribution in [3.05, 3.63) is 59.7 Å². The second-order valence-corrected chi connectivity index (χ2v) is 6.12. The van der Waals surface area contributed by atoms with E-state index in [0.29, 0.717) is 12.1 Å². The number of fused-ring (bicyclic) bond motifs is 1. The SMILES string of the molecule is CC(C)C1Nc2ccccc2N(Cc2cccc(C#N)c2)C1=O. The van der Waals surface area contributed by atoms with Crippen LogP contribution in [0.3, 0.4) is 0 Å². The van der Waals surface area contributed by atoms with Gasteiger partial charge in [0.15, 0.2) is 0 Å². The van der Waals surface area contributed by atoms with Gasteiger partial charge in [-0.25, -0.2) is 0 Å². The molecule has 1 amide bonds. The Morgan fingerprint density at radius 2 is 2.00 bits per heavy atom. The van der Waals surface area contributed by atoms with E-state index in [0.717, 1.165) is 16.9 Å². The third kappa shape index (κ3) is 2.91. The molecule has 2 aromatic carbocycles. The molecule has 1 unspecified atom stereocenters. The Morgan fingerprint density at radius 3 is 2.74 bits per heavy atom. The quantitative estimate of drug-likeness (QED) is 0.943. The van der Waals surface area contributed by atoms with Crippen molar-refractivity contribution in [1.29, 1.82) is 5.26 Å². The molecule has 0 aliphatic carbocycles. The van der Waals surface area contributed by atoms with E-state index in [2.05, 4.69) is 11.4 Å². The Balaban J connectivity index is 1.98. The number of nitriles is 1. The van der Waals surface area contributed by atoms with E-state index < -0.39 is 0 Å². The molecule has 23 heavy (non-hydrogen) atoms. The summed E-state index contributed by atoms with van der Waals surface area (Å²) in [6, 6.07) is 17.2. The average molecular weight is 305 g/mol. The second-order valence-electron chi connectivity index (χ2n) is 6.12.